The van der Waals surface area contributed by atoms with Gasteiger partial charge in [0, 0.05) is 18.2 Å². The lowest BCUT2D eigenvalue weighted by Gasteiger charge is -2.45. The summed E-state index contributed by atoms with van der Waals surface area (Å²) < 4.78 is 26.1. The minimum absolute atomic E-state index is 0.00422. The minimum Gasteiger partial charge on any atom is -0.490 e. The molecule has 1 aliphatic rings. The van der Waals surface area contributed by atoms with E-state index in [2.05, 4.69) is 4.98 Å². The van der Waals surface area contributed by atoms with E-state index in [1.54, 1.807) is 6.92 Å². The van der Waals surface area contributed by atoms with Crippen LogP contribution in [0.3, 0.4) is 0 Å². The average Bonchev–Trinajstić information content (AvgIpc) is 3.54. The molecule has 3 aromatic carbocycles. The molecule has 1 saturated heterocycles. The molecule has 1 fully saturated rings. The number of aliphatic hydroxyl groups is 1. The Morgan fingerprint density at radius 3 is 1.92 bits per heavy atom. The molecule has 278 valence electrons. The van der Waals surface area contributed by atoms with Gasteiger partial charge in [0.05, 0.1) is 11.5 Å². The van der Waals surface area contributed by atoms with Crippen molar-refractivity contribution in [1.82, 2.24) is 9.55 Å². The molecular formula is C41H46N3O8P. The summed E-state index contributed by atoms with van der Waals surface area (Å²) in [6.07, 6.45) is 12.3. The molecular weight excluding hydrogens is 693 g/mol. The van der Waals surface area contributed by atoms with Crippen LogP contribution < -0.4 is 26.2 Å². The van der Waals surface area contributed by atoms with E-state index >= 15 is 0 Å². The fourth-order valence-corrected chi connectivity index (χ4v) is 7.03. The predicted molar refractivity (Wildman–Crippen MR) is 207 cm³/mol. The number of allylic oxidation sites excluding steroid dienone is 6. The number of ether oxygens (including phenoxy) is 3. The molecule has 2 heterocycles. The first kappa shape index (κ1) is 39.3. The highest BCUT2D eigenvalue weighted by atomic mass is 31.2. The number of H-pyrrole nitrogens is 1. The van der Waals surface area contributed by atoms with Crippen molar-refractivity contribution < 1.29 is 28.7 Å². The standard InChI is InChI=1S/C41H46N3O8P/c1-4-6-8-13-25-49-33-21-17-31(18-22-33)41(30-15-11-10-12-16-30,32-19-23-34(24-20-32)50-26-14-9-7-5-2)38(52-53(42)48)37-35(45)27-36(51-37)44-28-29(3)39(46)43-40(44)47/h4-24,28,35-38,45,48H,25-27,42H2,1-3H3,(H,43,46,47)/t35-,36+,37-,38?,41?,53?/m0/s1. The lowest BCUT2D eigenvalue weighted by molar-refractivity contribution is -0.0879. The first-order valence-electron chi connectivity index (χ1n) is 17.3. The van der Waals surface area contributed by atoms with Crippen LogP contribution in [-0.2, 0) is 14.7 Å². The lowest BCUT2D eigenvalue weighted by Crippen LogP contribution is -2.52. The molecule has 1 aromatic heterocycles. The fraction of sp³-hybridized carbons (Fsp3) is 0.268. The first-order chi connectivity index (χ1) is 25.7. The monoisotopic (exact) mass is 739 g/mol. The molecule has 11 nitrogen and oxygen atoms in total. The number of nitrogens with one attached hydrogen (secondary N) is 1. The second-order valence-electron chi connectivity index (χ2n) is 12.4. The summed E-state index contributed by atoms with van der Waals surface area (Å²) in [5, 5.41) is 11.8. The second kappa shape index (κ2) is 18.8. The molecule has 0 aliphatic carbocycles. The van der Waals surface area contributed by atoms with Crippen LogP contribution in [-0.4, -0.2) is 51.1 Å². The van der Waals surface area contributed by atoms with Crippen LogP contribution in [0.15, 0.2) is 143 Å². The highest BCUT2D eigenvalue weighted by Gasteiger charge is 2.54. The number of nitrogens with zero attached hydrogens (tertiary/aromatic N) is 1. The molecule has 5 N–H and O–H groups in total. The molecule has 12 heteroatoms. The Morgan fingerprint density at radius 1 is 0.887 bits per heavy atom. The number of hydrogen-bond donors (Lipinski definition) is 4. The summed E-state index contributed by atoms with van der Waals surface area (Å²) >= 11 is 0. The van der Waals surface area contributed by atoms with Gasteiger partial charge < -0.3 is 28.7 Å². The number of aromatic nitrogens is 2. The van der Waals surface area contributed by atoms with Gasteiger partial charge >= 0.3 is 5.69 Å². The van der Waals surface area contributed by atoms with Crippen molar-refractivity contribution >= 4 is 8.53 Å². The molecule has 5 rings (SSSR count). The highest BCUT2D eigenvalue weighted by molar-refractivity contribution is 7.43. The Morgan fingerprint density at radius 2 is 1.42 bits per heavy atom. The fourth-order valence-electron chi connectivity index (χ4n) is 6.52. The van der Waals surface area contributed by atoms with Gasteiger partial charge in [0.25, 0.3) is 14.1 Å². The van der Waals surface area contributed by atoms with Crippen LogP contribution in [0.1, 0.15) is 48.8 Å². The van der Waals surface area contributed by atoms with E-state index < -0.39 is 49.7 Å². The van der Waals surface area contributed by atoms with Crippen molar-refractivity contribution in [1.29, 1.82) is 0 Å². The van der Waals surface area contributed by atoms with Gasteiger partial charge in [-0.3, -0.25) is 19.8 Å². The maximum Gasteiger partial charge on any atom is 0.330 e. The molecule has 53 heavy (non-hydrogen) atoms. The summed E-state index contributed by atoms with van der Waals surface area (Å²) in [6.45, 7) is 6.18. The number of nitrogens with two attached hydrogens (primary N) is 1. The normalized spacial score (nSPS) is 20.0. The maximum atomic E-state index is 12.9. The zero-order chi connectivity index (χ0) is 37.8. The number of aryl methyl sites for hydroxylation is 1. The van der Waals surface area contributed by atoms with Crippen molar-refractivity contribution in [3.8, 4) is 11.5 Å². The Hall–Kier alpha value is -4.87. The van der Waals surface area contributed by atoms with E-state index in [0.29, 0.717) is 30.3 Å². The summed E-state index contributed by atoms with van der Waals surface area (Å²) in [6, 6.07) is 24.6. The minimum atomic E-state index is -2.52. The quantitative estimate of drug-likeness (QED) is 0.0604. The van der Waals surface area contributed by atoms with Crippen molar-refractivity contribution in [2.24, 2.45) is 5.50 Å². The largest absolute Gasteiger partial charge is 0.490 e. The van der Waals surface area contributed by atoms with Gasteiger partial charge in [-0.25, -0.2) is 4.79 Å². The highest BCUT2D eigenvalue weighted by Crippen LogP contribution is 2.51. The zero-order valence-electron chi connectivity index (χ0n) is 29.9. The Labute approximate surface area is 310 Å². The van der Waals surface area contributed by atoms with E-state index in [1.807, 2.05) is 141 Å². The van der Waals surface area contributed by atoms with Gasteiger partial charge in [-0.2, -0.15) is 0 Å². The van der Waals surface area contributed by atoms with Gasteiger partial charge in [0.15, 0.2) is 0 Å². The topological polar surface area (TPSA) is 158 Å². The van der Waals surface area contributed by atoms with Gasteiger partial charge in [-0.05, 0) is 73.9 Å². The number of benzene rings is 3. The molecule has 0 saturated carbocycles. The third kappa shape index (κ3) is 9.39. The van der Waals surface area contributed by atoms with Crippen LogP contribution in [0.4, 0.5) is 0 Å². The third-order valence-electron chi connectivity index (χ3n) is 8.96. The second-order valence-corrected chi connectivity index (χ2v) is 13.2. The summed E-state index contributed by atoms with van der Waals surface area (Å²) in [5.41, 5.74) is 6.11. The molecule has 0 bridgehead atoms. The van der Waals surface area contributed by atoms with Gasteiger partial charge in [0.1, 0.15) is 43.1 Å². The molecule has 2 unspecified atom stereocenters. The molecule has 0 spiro atoms. The molecule has 4 aromatic rings. The number of aliphatic hydroxyl groups excluding tert-OH is 1. The maximum absolute atomic E-state index is 12.9. The van der Waals surface area contributed by atoms with Crippen molar-refractivity contribution in [2.75, 3.05) is 13.2 Å². The van der Waals surface area contributed by atoms with E-state index in [0.717, 1.165) is 16.7 Å². The zero-order valence-corrected chi connectivity index (χ0v) is 30.8. The van der Waals surface area contributed by atoms with E-state index in [1.165, 1.54) is 10.8 Å². The van der Waals surface area contributed by atoms with E-state index in [4.69, 9.17) is 24.2 Å². The number of hydrogen-bond acceptors (Lipinski definition) is 9. The van der Waals surface area contributed by atoms with Crippen molar-refractivity contribution in [3.05, 3.63) is 177 Å². The van der Waals surface area contributed by atoms with Crippen LogP contribution in [0.5, 0.6) is 11.5 Å². The Bertz CT molecular complexity index is 1930. The van der Waals surface area contributed by atoms with Crippen molar-refractivity contribution in [2.45, 2.75) is 57.1 Å². The average molecular weight is 740 g/mol. The molecule has 1 aliphatic heterocycles. The van der Waals surface area contributed by atoms with E-state index in [-0.39, 0.29) is 6.42 Å². The Kier molecular flexibility index (Phi) is 13.9. The third-order valence-corrected chi connectivity index (χ3v) is 9.40. The van der Waals surface area contributed by atoms with Gasteiger partial charge in [-0.15, -0.1) is 0 Å². The smallest absolute Gasteiger partial charge is 0.330 e. The van der Waals surface area contributed by atoms with Gasteiger partial charge in [-0.1, -0.05) is 91.1 Å². The van der Waals surface area contributed by atoms with Crippen molar-refractivity contribution in [3.63, 3.8) is 0 Å². The SMILES string of the molecule is CC=CC=CCOc1ccc(C(c2ccccc2)(c2ccc(OCC=CC=CC)cc2)C(OP(N)O)[C@H]2O[C@@H](n3cc(C)c(=O)[nH]c3=O)C[C@@H]2O)cc1. The summed E-state index contributed by atoms with van der Waals surface area (Å²) in [5.74, 6) is 1.25. The van der Waals surface area contributed by atoms with Crippen LogP contribution in [0, 0.1) is 6.92 Å². The Balaban J connectivity index is 1.67. The molecule has 5 atom stereocenters. The van der Waals surface area contributed by atoms with E-state index in [9.17, 15) is 19.6 Å². The molecule has 0 amide bonds. The summed E-state index contributed by atoms with van der Waals surface area (Å²) in [7, 11) is -2.52. The lowest BCUT2D eigenvalue weighted by atomic mass is 9.64. The number of aromatic amines is 1. The van der Waals surface area contributed by atoms with Crippen LogP contribution in [0.2, 0.25) is 0 Å². The van der Waals surface area contributed by atoms with Crippen LogP contribution in [0.25, 0.3) is 0 Å². The molecule has 0 radical (unpaired) electrons. The first-order valence-corrected chi connectivity index (χ1v) is 18.6. The van der Waals surface area contributed by atoms with Gasteiger partial charge in [0.2, 0.25) is 0 Å². The summed E-state index contributed by atoms with van der Waals surface area (Å²) in [4.78, 5) is 38.2. The number of rotatable bonds is 16. The predicted octanol–water partition coefficient (Wildman–Crippen LogP) is 6.11. The van der Waals surface area contributed by atoms with Crippen LogP contribution >= 0.6 is 8.53 Å².